The summed E-state index contributed by atoms with van der Waals surface area (Å²) in [6.45, 7) is 3.25. The lowest BCUT2D eigenvalue weighted by Crippen LogP contribution is -2.11. The van der Waals surface area contributed by atoms with Crippen molar-refractivity contribution in [2.75, 3.05) is 6.61 Å². The zero-order chi connectivity index (χ0) is 15.4. The van der Waals surface area contributed by atoms with Crippen LogP contribution >= 0.6 is 0 Å². The molecule has 5 rings (SSSR count). The van der Waals surface area contributed by atoms with Gasteiger partial charge >= 0.3 is 0 Å². The number of nitrogens with zero attached hydrogens (tertiary/aromatic N) is 4. The first-order chi connectivity index (χ1) is 11.3. The maximum atomic E-state index is 6.13. The molecule has 2 saturated carbocycles. The van der Waals surface area contributed by atoms with E-state index in [4.69, 9.17) is 4.74 Å². The molecule has 0 saturated heterocycles. The van der Waals surface area contributed by atoms with Crippen molar-refractivity contribution in [2.24, 2.45) is 11.8 Å². The van der Waals surface area contributed by atoms with E-state index in [1.807, 2.05) is 12.3 Å². The molecule has 1 N–H and O–H groups in total. The number of hydrogen-bond donors (Lipinski definition) is 1. The Kier molecular flexibility index (Phi) is 2.95. The molecule has 2 fully saturated rings. The van der Waals surface area contributed by atoms with Crippen molar-refractivity contribution < 1.29 is 4.74 Å². The predicted molar refractivity (Wildman–Crippen MR) is 86.2 cm³/mol. The minimum Gasteiger partial charge on any atom is -0.378 e. The van der Waals surface area contributed by atoms with Crippen LogP contribution in [0.15, 0.2) is 18.5 Å². The molecule has 0 unspecified atom stereocenters. The first kappa shape index (κ1) is 13.5. The highest BCUT2D eigenvalue weighted by Gasteiger charge is 2.37. The Bertz CT molecular complexity index is 849. The molecule has 2 aliphatic carbocycles. The Morgan fingerprint density at radius 2 is 2.22 bits per heavy atom. The van der Waals surface area contributed by atoms with Crippen molar-refractivity contribution in [3.05, 3.63) is 24.3 Å². The van der Waals surface area contributed by atoms with Crippen LogP contribution in [-0.2, 0) is 4.74 Å². The highest BCUT2D eigenvalue weighted by molar-refractivity contribution is 5.74. The fourth-order valence-corrected chi connectivity index (χ4v) is 3.88. The molecule has 120 valence electrons. The second kappa shape index (κ2) is 5.03. The number of aromatic amines is 1. The maximum Gasteiger partial charge on any atom is 0.179 e. The van der Waals surface area contributed by atoms with Gasteiger partial charge in [-0.3, -0.25) is 4.40 Å². The molecular formula is C17H21N5O. The van der Waals surface area contributed by atoms with Crippen molar-refractivity contribution in [3.63, 3.8) is 0 Å². The molecule has 0 spiro atoms. The van der Waals surface area contributed by atoms with Crippen LogP contribution in [-0.4, -0.2) is 37.3 Å². The normalized spacial score (nSPS) is 28.1. The van der Waals surface area contributed by atoms with E-state index in [-0.39, 0.29) is 0 Å². The minimum atomic E-state index is 0.367. The Morgan fingerprint density at radius 1 is 1.30 bits per heavy atom. The lowest BCUT2D eigenvalue weighted by Gasteiger charge is -2.13. The van der Waals surface area contributed by atoms with Crippen molar-refractivity contribution in [3.8, 4) is 0 Å². The summed E-state index contributed by atoms with van der Waals surface area (Å²) in [5, 5.41) is 8.84. The molecule has 0 aliphatic heterocycles. The molecular weight excluding hydrogens is 290 g/mol. The van der Waals surface area contributed by atoms with E-state index >= 15 is 0 Å². The van der Waals surface area contributed by atoms with Crippen LogP contribution in [0.3, 0.4) is 0 Å². The van der Waals surface area contributed by atoms with Gasteiger partial charge in [-0.25, -0.2) is 4.98 Å². The number of aromatic nitrogens is 5. The third kappa shape index (κ3) is 2.24. The van der Waals surface area contributed by atoms with Crippen LogP contribution in [0.5, 0.6) is 0 Å². The quantitative estimate of drug-likeness (QED) is 0.804. The van der Waals surface area contributed by atoms with E-state index in [1.165, 1.54) is 12.8 Å². The van der Waals surface area contributed by atoms with Crippen LogP contribution in [0.1, 0.15) is 44.3 Å². The fourth-order valence-electron chi connectivity index (χ4n) is 3.88. The van der Waals surface area contributed by atoms with E-state index in [0.717, 1.165) is 48.0 Å². The first-order valence-electron chi connectivity index (χ1n) is 8.58. The highest BCUT2D eigenvalue weighted by atomic mass is 16.5. The topological polar surface area (TPSA) is 68.1 Å². The average Bonchev–Trinajstić information content (AvgIpc) is 2.96. The van der Waals surface area contributed by atoms with Gasteiger partial charge in [0, 0.05) is 18.7 Å². The molecule has 0 aromatic carbocycles. The largest absolute Gasteiger partial charge is 0.378 e. The zero-order valence-electron chi connectivity index (χ0n) is 13.3. The van der Waals surface area contributed by atoms with Crippen LogP contribution in [0.2, 0.25) is 0 Å². The van der Waals surface area contributed by atoms with Gasteiger partial charge in [-0.15, -0.1) is 10.2 Å². The minimum absolute atomic E-state index is 0.367. The van der Waals surface area contributed by atoms with E-state index in [2.05, 4.69) is 31.5 Å². The number of H-pyrrole nitrogens is 1. The monoisotopic (exact) mass is 311 g/mol. The molecule has 3 aromatic heterocycles. The molecule has 0 bridgehead atoms. The van der Waals surface area contributed by atoms with E-state index in [0.29, 0.717) is 17.9 Å². The average molecular weight is 311 g/mol. The molecule has 6 nitrogen and oxygen atoms in total. The second-order valence-corrected chi connectivity index (χ2v) is 7.18. The van der Waals surface area contributed by atoms with Crippen molar-refractivity contribution >= 4 is 16.8 Å². The molecule has 0 radical (unpaired) electrons. The molecule has 2 aliphatic rings. The van der Waals surface area contributed by atoms with Gasteiger partial charge in [0.15, 0.2) is 11.3 Å². The molecule has 0 amide bonds. The molecule has 23 heavy (non-hydrogen) atoms. The summed E-state index contributed by atoms with van der Waals surface area (Å²) in [5.41, 5.74) is 2.75. The van der Waals surface area contributed by atoms with E-state index < -0.39 is 0 Å². The molecule has 3 heterocycles. The van der Waals surface area contributed by atoms with Gasteiger partial charge in [-0.05, 0) is 43.6 Å². The summed E-state index contributed by atoms with van der Waals surface area (Å²) in [6, 6.07) is 2.04. The molecule has 3 atom stereocenters. The van der Waals surface area contributed by atoms with Crippen LogP contribution in [0.4, 0.5) is 0 Å². The predicted octanol–water partition coefficient (Wildman–Crippen LogP) is 2.91. The Balaban J connectivity index is 1.48. The van der Waals surface area contributed by atoms with Gasteiger partial charge in [0.25, 0.3) is 0 Å². The smallest absolute Gasteiger partial charge is 0.179 e. The Labute approximate surface area is 134 Å². The number of fused-ring (bicyclic) bond motifs is 3. The number of hydrogen-bond acceptors (Lipinski definition) is 4. The van der Waals surface area contributed by atoms with Crippen LogP contribution in [0.25, 0.3) is 16.8 Å². The fraction of sp³-hybridized carbons (Fsp3) is 0.588. The summed E-state index contributed by atoms with van der Waals surface area (Å²) >= 11 is 0. The Morgan fingerprint density at radius 3 is 3.09 bits per heavy atom. The summed E-state index contributed by atoms with van der Waals surface area (Å²) in [4.78, 5) is 7.56. The number of ether oxygens (including phenoxy) is 1. The van der Waals surface area contributed by atoms with E-state index in [1.54, 1.807) is 6.20 Å². The van der Waals surface area contributed by atoms with E-state index in [9.17, 15) is 0 Å². The summed E-state index contributed by atoms with van der Waals surface area (Å²) < 4.78 is 8.29. The third-order valence-corrected chi connectivity index (χ3v) is 5.40. The van der Waals surface area contributed by atoms with Gasteiger partial charge in [0.05, 0.1) is 17.8 Å². The van der Waals surface area contributed by atoms with Crippen molar-refractivity contribution in [1.29, 1.82) is 0 Å². The van der Waals surface area contributed by atoms with Gasteiger partial charge < -0.3 is 9.72 Å². The summed E-state index contributed by atoms with van der Waals surface area (Å²) in [7, 11) is 0. The molecule has 6 heteroatoms. The summed E-state index contributed by atoms with van der Waals surface area (Å²) in [5.74, 6) is 2.84. The number of rotatable bonds is 4. The van der Waals surface area contributed by atoms with Crippen molar-refractivity contribution in [2.45, 2.75) is 44.6 Å². The maximum absolute atomic E-state index is 6.13. The lowest BCUT2D eigenvalue weighted by atomic mass is 9.97. The lowest BCUT2D eigenvalue weighted by molar-refractivity contribution is 0.0480. The molecule has 3 aromatic rings. The third-order valence-electron chi connectivity index (χ3n) is 5.40. The Hall–Kier alpha value is -1.95. The van der Waals surface area contributed by atoms with Gasteiger partial charge in [-0.1, -0.05) is 6.92 Å². The first-order valence-corrected chi connectivity index (χ1v) is 8.58. The van der Waals surface area contributed by atoms with Gasteiger partial charge in [-0.2, -0.15) is 0 Å². The van der Waals surface area contributed by atoms with Gasteiger partial charge in [0.1, 0.15) is 5.82 Å². The summed E-state index contributed by atoms with van der Waals surface area (Å²) in [6.07, 6.45) is 8.93. The van der Waals surface area contributed by atoms with Gasteiger partial charge in [0.2, 0.25) is 0 Å². The van der Waals surface area contributed by atoms with Crippen LogP contribution in [0, 0.1) is 11.8 Å². The number of nitrogens with one attached hydrogen (secondary N) is 1. The highest BCUT2D eigenvalue weighted by Crippen LogP contribution is 2.41. The second-order valence-electron chi connectivity index (χ2n) is 7.18. The standard InChI is InChI=1S/C17H21N5O/c1-10-6-12(23-9-11-2-3-11)7-13(10)17-21-20-15-8-19-16-14(22(15)17)4-5-18-16/h4-5,8,10-13,18H,2-3,6-7,9H2,1H3/t10-,12+,13+/m1/s1. The zero-order valence-corrected chi connectivity index (χ0v) is 13.3. The van der Waals surface area contributed by atoms with Crippen LogP contribution < -0.4 is 0 Å². The SMILES string of the molecule is C[C@@H]1C[C@H](OCC2CC2)C[C@@H]1c1nnc2cnc3[nH]ccc3n12. The van der Waals surface area contributed by atoms with Crippen molar-refractivity contribution in [1.82, 2.24) is 24.6 Å².